The van der Waals surface area contributed by atoms with Gasteiger partial charge < -0.3 is 15.1 Å². The summed E-state index contributed by atoms with van der Waals surface area (Å²) >= 11 is 0. The molecule has 2 aromatic rings. The van der Waals surface area contributed by atoms with Gasteiger partial charge in [-0.15, -0.1) is 5.10 Å². The number of nitrogens with one attached hydrogen (secondary N) is 2. The number of halogens is 3. The maximum atomic E-state index is 13.0. The van der Waals surface area contributed by atoms with Gasteiger partial charge in [0.15, 0.2) is 17.5 Å². The quantitative estimate of drug-likeness (QED) is 0.631. The van der Waals surface area contributed by atoms with Gasteiger partial charge in [-0.25, -0.2) is 13.2 Å². The Kier molecular flexibility index (Phi) is 4.57. The summed E-state index contributed by atoms with van der Waals surface area (Å²) in [6.07, 6.45) is 0.966. The molecule has 0 aliphatic carbocycles. The van der Waals surface area contributed by atoms with Crippen molar-refractivity contribution in [3.8, 4) is 0 Å². The minimum atomic E-state index is -1.52. The molecular weight excluding hydrogens is 273 g/mol. The Morgan fingerprint density at radius 1 is 1.15 bits per heavy atom. The van der Waals surface area contributed by atoms with Crippen LogP contribution in [0.15, 0.2) is 16.5 Å². The molecule has 1 heterocycles. The molecule has 1 aromatic heterocycles. The van der Waals surface area contributed by atoms with E-state index in [1.54, 1.807) is 0 Å². The fraction of sp³-hybridized carbons (Fsp3) is 0.333. The molecule has 0 spiro atoms. The molecule has 2 N–H and O–H groups in total. The maximum Gasteiger partial charge on any atom is 0.320 e. The monoisotopic (exact) mass is 286 g/mol. The second-order valence-electron chi connectivity index (χ2n) is 4.06. The number of hydrogen-bond acceptors (Lipinski definition) is 5. The fourth-order valence-electron chi connectivity index (χ4n) is 1.50. The van der Waals surface area contributed by atoms with E-state index in [0.29, 0.717) is 12.4 Å². The van der Waals surface area contributed by atoms with Crippen LogP contribution in [-0.2, 0) is 6.54 Å². The highest BCUT2D eigenvalue weighted by Crippen LogP contribution is 2.20. The molecule has 0 aliphatic rings. The van der Waals surface area contributed by atoms with E-state index in [0.717, 1.165) is 25.1 Å². The van der Waals surface area contributed by atoms with Gasteiger partial charge in [0.05, 0.1) is 6.54 Å². The van der Waals surface area contributed by atoms with Gasteiger partial charge in [-0.1, -0.05) is 12.0 Å². The lowest BCUT2D eigenvalue weighted by Gasteiger charge is -2.02. The lowest BCUT2D eigenvalue weighted by Crippen LogP contribution is -2.13. The first-order chi connectivity index (χ1) is 9.60. The molecule has 2 rings (SSSR count). The highest BCUT2D eigenvalue weighted by atomic mass is 19.2. The largest absolute Gasteiger partial charge is 0.406 e. The molecule has 0 unspecified atom stereocenters. The highest BCUT2D eigenvalue weighted by Gasteiger charge is 2.12. The zero-order chi connectivity index (χ0) is 14.5. The van der Waals surface area contributed by atoms with Crippen molar-refractivity contribution < 1.29 is 17.6 Å². The van der Waals surface area contributed by atoms with Crippen molar-refractivity contribution in [3.05, 3.63) is 35.5 Å². The average Bonchev–Trinajstić information content (AvgIpc) is 2.84. The summed E-state index contributed by atoms with van der Waals surface area (Å²) in [5.41, 5.74) is -0.0156. The van der Waals surface area contributed by atoms with Crippen LogP contribution in [0.25, 0.3) is 0 Å². The van der Waals surface area contributed by atoms with E-state index < -0.39 is 17.5 Å². The summed E-state index contributed by atoms with van der Waals surface area (Å²) in [4.78, 5) is 0. The third-order valence-corrected chi connectivity index (χ3v) is 2.40. The van der Waals surface area contributed by atoms with E-state index in [1.165, 1.54) is 0 Å². The van der Waals surface area contributed by atoms with Crippen molar-refractivity contribution in [1.29, 1.82) is 0 Å². The molecule has 0 bridgehead atoms. The van der Waals surface area contributed by atoms with Crippen LogP contribution in [0.2, 0.25) is 0 Å². The number of rotatable bonds is 6. The molecule has 0 amide bonds. The number of aromatic nitrogens is 2. The standard InChI is InChI=1S/C12H13F3N4O/c1-2-3-16-6-10-18-19-12(20-10)17-7-4-8(13)11(15)9(14)5-7/h4-5,16H,2-3,6H2,1H3,(H,17,19). The summed E-state index contributed by atoms with van der Waals surface area (Å²) in [6.45, 7) is 3.22. The molecule has 0 atom stereocenters. The Morgan fingerprint density at radius 2 is 1.85 bits per heavy atom. The zero-order valence-electron chi connectivity index (χ0n) is 10.7. The van der Waals surface area contributed by atoms with Crippen molar-refractivity contribution in [3.63, 3.8) is 0 Å². The lowest BCUT2D eigenvalue weighted by atomic mass is 10.3. The molecule has 0 fully saturated rings. The third kappa shape index (κ3) is 3.47. The molecule has 0 saturated carbocycles. The van der Waals surface area contributed by atoms with Crippen LogP contribution in [0, 0.1) is 17.5 Å². The molecule has 8 heteroatoms. The maximum absolute atomic E-state index is 13.0. The molecule has 108 valence electrons. The Balaban J connectivity index is 2.03. The summed E-state index contributed by atoms with van der Waals surface area (Å²) in [5.74, 6) is -3.77. The van der Waals surface area contributed by atoms with Gasteiger partial charge in [-0.2, -0.15) is 0 Å². The van der Waals surface area contributed by atoms with E-state index in [4.69, 9.17) is 4.42 Å². The molecule has 1 aromatic carbocycles. The third-order valence-electron chi connectivity index (χ3n) is 2.40. The molecule has 0 radical (unpaired) electrons. The van der Waals surface area contributed by atoms with Crippen LogP contribution in [-0.4, -0.2) is 16.7 Å². The second kappa shape index (κ2) is 6.38. The van der Waals surface area contributed by atoms with Crippen molar-refractivity contribution in [2.75, 3.05) is 11.9 Å². The van der Waals surface area contributed by atoms with Crippen LogP contribution in [0.5, 0.6) is 0 Å². The smallest absolute Gasteiger partial charge is 0.320 e. The van der Waals surface area contributed by atoms with Crippen molar-refractivity contribution in [1.82, 2.24) is 15.5 Å². The predicted octanol–water partition coefficient (Wildman–Crippen LogP) is 2.73. The highest BCUT2D eigenvalue weighted by molar-refractivity contribution is 5.52. The number of anilines is 2. The van der Waals surface area contributed by atoms with Crippen LogP contribution in [0.4, 0.5) is 24.9 Å². The van der Waals surface area contributed by atoms with Crippen LogP contribution >= 0.6 is 0 Å². The molecule has 0 aliphatic heterocycles. The van der Waals surface area contributed by atoms with Gasteiger partial charge in [-0.05, 0) is 13.0 Å². The second-order valence-corrected chi connectivity index (χ2v) is 4.06. The minimum Gasteiger partial charge on any atom is -0.406 e. The summed E-state index contributed by atoms with van der Waals surface area (Å²) in [7, 11) is 0. The van der Waals surface area contributed by atoms with Gasteiger partial charge in [0.1, 0.15) is 0 Å². The Labute approximate surface area is 113 Å². The number of nitrogens with zero attached hydrogens (tertiary/aromatic N) is 2. The van der Waals surface area contributed by atoms with Crippen LogP contribution < -0.4 is 10.6 Å². The van der Waals surface area contributed by atoms with E-state index in [2.05, 4.69) is 20.8 Å². The van der Waals surface area contributed by atoms with Crippen molar-refractivity contribution in [2.24, 2.45) is 0 Å². The molecule has 0 saturated heterocycles. The number of hydrogen-bond donors (Lipinski definition) is 2. The normalized spacial score (nSPS) is 10.8. The first-order valence-electron chi connectivity index (χ1n) is 6.04. The first kappa shape index (κ1) is 14.3. The zero-order valence-corrected chi connectivity index (χ0v) is 10.7. The average molecular weight is 286 g/mol. The van der Waals surface area contributed by atoms with Crippen LogP contribution in [0.1, 0.15) is 19.2 Å². The van der Waals surface area contributed by atoms with Crippen molar-refractivity contribution >= 4 is 11.7 Å². The van der Waals surface area contributed by atoms with E-state index >= 15 is 0 Å². The molecule has 20 heavy (non-hydrogen) atoms. The molecular formula is C12H13F3N4O. The Hall–Kier alpha value is -2.09. The van der Waals surface area contributed by atoms with E-state index in [-0.39, 0.29) is 11.7 Å². The van der Waals surface area contributed by atoms with Gasteiger partial charge in [0.2, 0.25) is 5.89 Å². The Morgan fingerprint density at radius 3 is 2.50 bits per heavy atom. The van der Waals surface area contributed by atoms with Gasteiger partial charge in [-0.3, -0.25) is 0 Å². The lowest BCUT2D eigenvalue weighted by molar-refractivity contribution is 0.447. The van der Waals surface area contributed by atoms with Crippen molar-refractivity contribution in [2.45, 2.75) is 19.9 Å². The van der Waals surface area contributed by atoms with Gasteiger partial charge >= 0.3 is 6.01 Å². The summed E-state index contributed by atoms with van der Waals surface area (Å²) in [5, 5.41) is 13.0. The molecule has 5 nitrogen and oxygen atoms in total. The summed E-state index contributed by atoms with van der Waals surface area (Å²) < 4.78 is 44.0. The van der Waals surface area contributed by atoms with E-state index in [1.807, 2.05) is 6.92 Å². The fourth-order valence-corrected chi connectivity index (χ4v) is 1.50. The predicted molar refractivity (Wildman–Crippen MR) is 65.9 cm³/mol. The van der Waals surface area contributed by atoms with Crippen LogP contribution in [0.3, 0.4) is 0 Å². The minimum absolute atomic E-state index is 0.0156. The van der Waals surface area contributed by atoms with E-state index in [9.17, 15) is 13.2 Å². The van der Waals surface area contributed by atoms with Gasteiger partial charge in [0.25, 0.3) is 0 Å². The Bertz CT molecular complexity index is 565. The number of benzene rings is 1. The van der Waals surface area contributed by atoms with Gasteiger partial charge in [0, 0.05) is 17.8 Å². The summed E-state index contributed by atoms with van der Waals surface area (Å²) in [6, 6.07) is 1.58. The first-order valence-corrected chi connectivity index (χ1v) is 6.04. The SMILES string of the molecule is CCCNCc1nnc(Nc2cc(F)c(F)c(F)c2)o1. The topological polar surface area (TPSA) is 63.0 Å².